The molecular formula is C12H14BrFO. The van der Waals surface area contributed by atoms with Gasteiger partial charge < -0.3 is 5.11 Å². The molecule has 2 rings (SSSR count). The second kappa shape index (κ2) is 4.62. The van der Waals surface area contributed by atoms with Gasteiger partial charge in [-0.05, 0) is 40.4 Å². The molecule has 0 saturated heterocycles. The molecule has 0 spiro atoms. The number of rotatable bonds is 1. The van der Waals surface area contributed by atoms with Crippen LogP contribution in [0.25, 0.3) is 0 Å². The second-order valence-electron chi connectivity index (χ2n) is 4.10. The molecular weight excluding hydrogens is 259 g/mol. The summed E-state index contributed by atoms with van der Waals surface area (Å²) in [6.07, 6.45) is 3.41. The van der Waals surface area contributed by atoms with E-state index in [1.54, 1.807) is 12.1 Å². The molecule has 0 heterocycles. The maximum Gasteiger partial charge on any atom is 0.140 e. The van der Waals surface area contributed by atoms with E-state index >= 15 is 0 Å². The van der Waals surface area contributed by atoms with Gasteiger partial charge >= 0.3 is 0 Å². The normalized spacial score (nSPS) is 26.6. The van der Waals surface area contributed by atoms with Crippen LogP contribution in [-0.2, 0) is 0 Å². The zero-order valence-corrected chi connectivity index (χ0v) is 10.0. The highest BCUT2D eigenvalue weighted by molar-refractivity contribution is 9.10. The number of aliphatic hydroxyl groups excluding tert-OH is 1. The molecule has 0 aromatic heterocycles. The Hall–Kier alpha value is -0.410. The van der Waals surface area contributed by atoms with Crippen molar-refractivity contribution in [2.24, 2.45) is 0 Å². The molecule has 0 bridgehead atoms. The van der Waals surface area contributed by atoms with Gasteiger partial charge in [0.1, 0.15) is 5.82 Å². The fraction of sp³-hybridized carbons (Fsp3) is 0.500. The summed E-state index contributed by atoms with van der Waals surface area (Å²) in [6, 6.07) is 5.29. The molecule has 0 amide bonds. The van der Waals surface area contributed by atoms with Crippen molar-refractivity contribution in [3.63, 3.8) is 0 Å². The van der Waals surface area contributed by atoms with Crippen LogP contribution >= 0.6 is 15.9 Å². The molecule has 1 aromatic carbocycles. The lowest BCUT2D eigenvalue weighted by Crippen LogP contribution is -2.23. The highest BCUT2D eigenvalue weighted by atomic mass is 79.9. The van der Waals surface area contributed by atoms with E-state index in [9.17, 15) is 9.50 Å². The van der Waals surface area contributed by atoms with Crippen LogP contribution in [0, 0.1) is 5.82 Å². The Bertz CT molecular complexity index is 353. The molecule has 1 aliphatic carbocycles. The van der Waals surface area contributed by atoms with E-state index in [4.69, 9.17) is 0 Å². The summed E-state index contributed by atoms with van der Waals surface area (Å²) in [5.74, 6) is -0.250. The van der Waals surface area contributed by atoms with Crippen LogP contribution in [0.3, 0.4) is 0 Å². The van der Waals surface area contributed by atoms with E-state index in [0.29, 0.717) is 10.0 Å². The van der Waals surface area contributed by atoms with Gasteiger partial charge in [-0.2, -0.15) is 0 Å². The van der Waals surface area contributed by atoms with Crippen molar-refractivity contribution in [1.29, 1.82) is 0 Å². The Morgan fingerprint density at radius 2 is 2.00 bits per heavy atom. The number of halogens is 2. The van der Waals surface area contributed by atoms with Crippen molar-refractivity contribution in [2.45, 2.75) is 37.7 Å². The zero-order valence-electron chi connectivity index (χ0n) is 8.42. The van der Waals surface area contributed by atoms with E-state index in [2.05, 4.69) is 15.9 Å². The van der Waals surface area contributed by atoms with E-state index in [0.717, 1.165) is 25.7 Å². The van der Waals surface area contributed by atoms with Gasteiger partial charge in [-0.3, -0.25) is 0 Å². The molecule has 1 fully saturated rings. The summed E-state index contributed by atoms with van der Waals surface area (Å²) in [5, 5.41) is 9.86. The van der Waals surface area contributed by atoms with Gasteiger partial charge in [-0.15, -0.1) is 0 Å². The Balaban J connectivity index is 2.31. The molecule has 15 heavy (non-hydrogen) atoms. The topological polar surface area (TPSA) is 20.2 Å². The number of benzene rings is 1. The summed E-state index contributed by atoms with van der Waals surface area (Å²) in [4.78, 5) is 0. The standard InChI is InChI=1S/C12H14BrFO/c13-10-6-3-5-9(12(10)14)8-4-1-2-7-11(8)15/h3,5-6,8,11,15H,1-2,4,7H2. The SMILES string of the molecule is OC1CCCCC1c1cccc(Br)c1F. The van der Waals surface area contributed by atoms with E-state index in [1.807, 2.05) is 6.07 Å². The molecule has 2 atom stereocenters. The molecule has 1 nitrogen and oxygen atoms in total. The van der Waals surface area contributed by atoms with Gasteiger partial charge in [-0.25, -0.2) is 4.39 Å². The van der Waals surface area contributed by atoms with Gasteiger partial charge in [0.2, 0.25) is 0 Å². The maximum absolute atomic E-state index is 13.8. The molecule has 2 unspecified atom stereocenters. The predicted molar refractivity (Wildman–Crippen MR) is 61.3 cm³/mol. The lowest BCUT2D eigenvalue weighted by atomic mass is 9.81. The minimum absolute atomic E-state index is 0.0312. The Labute approximate surface area is 97.4 Å². The molecule has 1 saturated carbocycles. The third kappa shape index (κ3) is 2.23. The monoisotopic (exact) mass is 272 g/mol. The highest BCUT2D eigenvalue weighted by Crippen LogP contribution is 2.35. The van der Waals surface area contributed by atoms with E-state index in [-0.39, 0.29) is 17.8 Å². The first-order valence-corrected chi connectivity index (χ1v) is 6.11. The number of aliphatic hydroxyl groups is 1. The fourth-order valence-electron chi connectivity index (χ4n) is 2.28. The molecule has 0 aliphatic heterocycles. The Morgan fingerprint density at radius 1 is 1.27 bits per heavy atom. The molecule has 3 heteroatoms. The van der Waals surface area contributed by atoms with E-state index < -0.39 is 0 Å². The molecule has 82 valence electrons. The van der Waals surface area contributed by atoms with Crippen molar-refractivity contribution in [2.75, 3.05) is 0 Å². The summed E-state index contributed by atoms with van der Waals surface area (Å²) in [7, 11) is 0. The third-order valence-corrected chi connectivity index (χ3v) is 3.72. The maximum atomic E-state index is 13.8. The van der Waals surface area contributed by atoms with Gasteiger partial charge in [0.05, 0.1) is 10.6 Å². The van der Waals surface area contributed by atoms with Crippen molar-refractivity contribution >= 4 is 15.9 Å². The molecule has 1 N–H and O–H groups in total. The van der Waals surface area contributed by atoms with Crippen molar-refractivity contribution in [3.05, 3.63) is 34.1 Å². The van der Waals surface area contributed by atoms with Crippen LogP contribution in [0.1, 0.15) is 37.2 Å². The molecule has 1 aliphatic rings. The van der Waals surface area contributed by atoms with Crippen LogP contribution in [0.5, 0.6) is 0 Å². The first kappa shape index (κ1) is 11.1. The third-order valence-electron chi connectivity index (χ3n) is 3.11. The quantitative estimate of drug-likeness (QED) is 0.828. The second-order valence-corrected chi connectivity index (χ2v) is 4.96. The van der Waals surface area contributed by atoms with Gasteiger partial charge in [-0.1, -0.05) is 25.0 Å². The Kier molecular flexibility index (Phi) is 3.42. The predicted octanol–water partition coefficient (Wildman–Crippen LogP) is 3.61. The van der Waals surface area contributed by atoms with Crippen molar-refractivity contribution in [1.82, 2.24) is 0 Å². The first-order chi connectivity index (χ1) is 7.20. The smallest absolute Gasteiger partial charge is 0.140 e. The van der Waals surface area contributed by atoms with Crippen molar-refractivity contribution < 1.29 is 9.50 Å². The minimum atomic E-state index is -0.387. The average molecular weight is 273 g/mol. The summed E-state index contributed by atoms with van der Waals surface area (Å²) in [5.41, 5.74) is 0.650. The summed E-state index contributed by atoms with van der Waals surface area (Å²) >= 11 is 3.18. The fourth-order valence-corrected chi connectivity index (χ4v) is 2.66. The van der Waals surface area contributed by atoms with Crippen LogP contribution in [0.4, 0.5) is 4.39 Å². The lowest BCUT2D eigenvalue weighted by molar-refractivity contribution is 0.104. The Morgan fingerprint density at radius 3 is 2.73 bits per heavy atom. The number of hydrogen-bond acceptors (Lipinski definition) is 1. The zero-order chi connectivity index (χ0) is 10.8. The lowest BCUT2D eigenvalue weighted by Gasteiger charge is -2.28. The largest absolute Gasteiger partial charge is 0.392 e. The number of hydrogen-bond donors (Lipinski definition) is 1. The molecule has 0 radical (unpaired) electrons. The van der Waals surface area contributed by atoms with E-state index in [1.165, 1.54) is 0 Å². The first-order valence-electron chi connectivity index (χ1n) is 5.32. The van der Waals surface area contributed by atoms with Crippen LogP contribution in [0.2, 0.25) is 0 Å². The van der Waals surface area contributed by atoms with Crippen LogP contribution in [-0.4, -0.2) is 11.2 Å². The van der Waals surface area contributed by atoms with Crippen LogP contribution in [0.15, 0.2) is 22.7 Å². The van der Waals surface area contributed by atoms with Gasteiger partial charge in [0, 0.05) is 5.92 Å². The average Bonchev–Trinajstić information content (AvgIpc) is 2.23. The summed E-state index contributed by atoms with van der Waals surface area (Å²) < 4.78 is 14.3. The van der Waals surface area contributed by atoms with Gasteiger partial charge in [0.15, 0.2) is 0 Å². The highest BCUT2D eigenvalue weighted by Gasteiger charge is 2.27. The minimum Gasteiger partial charge on any atom is -0.392 e. The van der Waals surface area contributed by atoms with Crippen molar-refractivity contribution in [3.8, 4) is 0 Å². The van der Waals surface area contributed by atoms with Crippen LogP contribution < -0.4 is 0 Å². The summed E-state index contributed by atoms with van der Waals surface area (Å²) in [6.45, 7) is 0. The van der Waals surface area contributed by atoms with Gasteiger partial charge in [0.25, 0.3) is 0 Å². The molecule has 1 aromatic rings.